The van der Waals surface area contributed by atoms with Crippen molar-refractivity contribution >= 4 is 0 Å². The van der Waals surface area contributed by atoms with Crippen LogP contribution in [0.3, 0.4) is 0 Å². The molecule has 0 aromatic rings. The number of nitrogens with one attached hydrogen (secondary N) is 1. The van der Waals surface area contributed by atoms with Crippen molar-refractivity contribution in [3.8, 4) is 0 Å². The molecule has 2 unspecified atom stereocenters. The second-order valence-electron chi connectivity index (χ2n) is 7.10. The summed E-state index contributed by atoms with van der Waals surface area (Å²) in [6.45, 7) is 13.2. The zero-order chi connectivity index (χ0) is 13.2. The molecule has 1 aliphatic carbocycles. The van der Waals surface area contributed by atoms with Gasteiger partial charge in [-0.1, -0.05) is 33.6 Å². The highest BCUT2D eigenvalue weighted by Gasteiger charge is 2.37. The van der Waals surface area contributed by atoms with E-state index in [4.69, 9.17) is 0 Å². The fourth-order valence-electron chi connectivity index (χ4n) is 3.79. The lowest BCUT2D eigenvalue weighted by molar-refractivity contribution is 0.0672. The minimum Gasteiger partial charge on any atom is -0.311 e. The number of rotatable bonds is 4. The van der Waals surface area contributed by atoms with E-state index in [2.05, 4.69) is 37.9 Å². The molecule has 2 atom stereocenters. The summed E-state index contributed by atoms with van der Waals surface area (Å²) in [5, 5.41) is 3.71. The lowest BCUT2D eigenvalue weighted by atomic mass is 9.82. The van der Waals surface area contributed by atoms with E-state index in [1.807, 2.05) is 0 Å². The van der Waals surface area contributed by atoms with Crippen molar-refractivity contribution in [2.45, 2.75) is 71.9 Å². The summed E-state index contributed by atoms with van der Waals surface area (Å²) < 4.78 is 0. The Kier molecular flexibility index (Phi) is 4.71. The fourth-order valence-corrected chi connectivity index (χ4v) is 3.79. The van der Waals surface area contributed by atoms with Crippen LogP contribution in [0.1, 0.15) is 59.8 Å². The van der Waals surface area contributed by atoms with E-state index in [1.54, 1.807) is 0 Å². The summed E-state index contributed by atoms with van der Waals surface area (Å²) in [4.78, 5) is 2.77. The Labute approximate surface area is 114 Å². The molecule has 2 fully saturated rings. The van der Waals surface area contributed by atoms with Crippen LogP contribution in [0.5, 0.6) is 0 Å². The molecule has 1 aliphatic heterocycles. The molecule has 2 nitrogen and oxygen atoms in total. The van der Waals surface area contributed by atoms with E-state index in [-0.39, 0.29) is 0 Å². The zero-order valence-electron chi connectivity index (χ0n) is 12.8. The molecular formula is C16H32N2. The van der Waals surface area contributed by atoms with Crippen molar-refractivity contribution in [1.29, 1.82) is 0 Å². The number of nitrogens with zero attached hydrogens (tertiary/aromatic N) is 1. The number of piperazine rings is 1. The molecule has 2 aliphatic rings. The predicted molar refractivity (Wildman–Crippen MR) is 78.9 cm³/mol. The lowest BCUT2D eigenvalue weighted by Gasteiger charge is -2.44. The predicted octanol–water partition coefficient (Wildman–Crippen LogP) is 3.28. The Morgan fingerprint density at radius 2 is 1.94 bits per heavy atom. The minimum absolute atomic E-state index is 0.646. The van der Waals surface area contributed by atoms with Crippen LogP contribution in [0.4, 0.5) is 0 Å². The maximum absolute atomic E-state index is 3.71. The van der Waals surface area contributed by atoms with E-state index >= 15 is 0 Å². The summed E-state index contributed by atoms with van der Waals surface area (Å²) >= 11 is 0. The summed E-state index contributed by atoms with van der Waals surface area (Å²) in [5.41, 5.74) is 0.646. The first-order valence-corrected chi connectivity index (χ1v) is 8.04. The van der Waals surface area contributed by atoms with Gasteiger partial charge in [0, 0.05) is 31.7 Å². The lowest BCUT2D eigenvalue weighted by Crippen LogP contribution is -2.58. The van der Waals surface area contributed by atoms with Gasteiger partial charge in [0.05, 0.1) is 0 Å². The Balaban J connectivity index is 1.97. The second kappa shape index (κ2) is 5.92. The first-order chi connectivity index (χ1) is 8.56. The highest BCUT2D eigenvalue weighted by atomic mass is 15.2. The van der Waals surface area contributed by atoms with Crippen molar-refractivity contribution < 1.29 is 0 Å². The van der Waals surface area contributed by atoms with Crippen LogP contribution in [0.25, 0.3) is 0 Å². The zero-order valence-corrected chi connectivity index (χ0v) is 12.8. The third-order valence-corrected chi connectivity index (χ3v) is 5.49. The van der Waals surface area contributed by atoms with E-state index in [1.165, 1.54) is 51.7 Å². The molecular weight excluding hydrogens is 220 g/mol. The smallest absolute Gasteiger partial charge is 0.0218 e. The Hall–Kier alpha value is -0.0800. The average molecular weight is 252 g/mol. The molecule has 2 rings (SSSR count). The van der Waals surface area contributed by atoms with Crippen LogP contribution >= 0.6 is 0 Å². The van der Waals surface area contributed by atoms with Gasteiger partial charge in [-0.05, 0) is 37.5 Å². The summed E-state index contributed by atoms with van der Waals surface area (Å²) in [5.74, 6) is 0.751. The molecule has 0 aromatic heterocycles. The van der Waals surface area contributed by atoms with E-state index in [9.17, 15) is 0 Å². The molecule has 1 N–H and O–H groups in total. The van der Waals surface area contributed by atoms with Crippen LogP contribution in [-0.4, -0.2) is 36.6 Å². The standard InChI is InChI=1S/C16H32N2/c1-5-16(8-6-7-9-16)12-18-11-15(13(2)3)17-10-14(18)4/h13-15,17H,5-12H2,1-4H3. The van der Waals surface area contributed by atoms with Crippen molar-refractivity contribution in [2.75, 3.05) is 19.6 Å². The van der Waals surface area contributed by atoms with Crippen LogP contribution in [0.2, 0.25) is 0 Å². The maximum atomic E-state index is 3.71. The van der Waals surface area contributed by atoms with Crippen LogP contribution in [0, 0.1) is 11.3 Å². The molecule has 0 radical (unpaired) electrons. The van der Waals surface area contributed by atoms with Crippen molar-refractivity contribution in [2.24, 2.45) is 11.3 Å². The third-order valence-electron chi connectivity index (χ3n) is 5.49. The molecule has 1 saturated carbocycles. The van der Waals surface area contributed by atoms with Gasteiger partial charge in [0.25, 0.3) is 0 Å². The van der Waals surface area contributed by atoms with Gasteiger partial charge < -0.3 is 5.32 Å². The Bertz CT molecular complexity index is 256. The molecule has 1 heterocycles. The first-order valence-electron chi connectivity index (χ1n) is 8.04. The summed E-state index contributed by atoms with van der Waals surface area (Å²) in [7, 11) is 0. The van der Waals surface area contributed by atoms with Gasteiger partial charge in [-0.2, -0.15) is 0 Å². The molecule has 106 valence electrons. The van der Waals surface area contributed by atoms with Crippen LogP contribution < -0.4 is 5.32 Å². The largest absolute Gasteiger partial charge is 0.311 e. The molecule has 2 heteroatoms. The average Bonchev–Trinajstić information content (AvgIpc) is 2.81. The number of hydrogen-bond acceptors (Lipinski definition) is 2. The quantitative estimate of drug-likeness (QED) is 0.826. The number of hydrogen-bond donors (Lipinski definition) is 1. The van der Waals surface area contributed by atoms with Gasteiger partial charge in [0.15, 0.2) is 0 Å². The second-order valence-corrected chi connectivity index (χ2v) is 7.10. The Morgan fingerprint density at radius 1 is 1.28 bits per heavy atom. The molecule has 18 heavy (non-hydrogen) atoms. The van der Waals surface area contributed by atoms with Gasteiger partial charge in [-0.3, -0.25) is 4.90 Å². The fraction of sp³-hybridized carbons (Fsp3) is 1.00. The third kappa shape index (κ3) is 3.08. The molecule has 1 saturated heterocycles. The summed E-state index contributed by atoms with van der Waals surface area (Å²) in [6, 6.07) is 1.40. The molecule has 0 bridgehead atoms. The van der Waals surface area contributed by atoms with E-state index < -0.39 is 0 Å². The monoisotopic (exact) mass is 252 g/mol. The van der Waals surface area contributed by atoms with Gasteiger partial charge in [0.2, 0.25) is 0 Å². The molecule has 0 amide bonds. The topological polar surface area (TPSA) is 15.3 Å². The van der Waals surface area contributed by atoms with Crippen molar-refractivity contribution in [3.63, 3.8) is 0 Å². The molecule has 0 aromatic carbocycles. The first kappa shape index (κ1) is 14.3. The maximum Gasteiger partial charge on any atom is 0.0218 e. The van der Waals surface area contributed by atoms with E-state index in [0.717, 1.165) is 5.92 Å². The summed E-state index contributed by atoms with van der Waals surface area (Å²) in [6.07, 6.45) is 7.22. The highest BCUT2D eigenvalue weighted by Crippen LogP contribution is 2.42. The SMILES string of the molecule is CCC1(CN2CC(C(C)C)NCC2C)CCCC1. The van der Waals surface area contributed by atoms with Crippen molar-refractivity contribution in [1.82, 2.24) is 10.2 Å². The van der Waals surface area contributed by atoms with E-state index in [0.29, 0.717) is 17.5 Å². The normalized spacial score (nSPS) is 33.2. The van der Waals surface area contributed by atoms with Gasteiger partial charge >= 0.3 is 0 Å². The van der Waals surface area contributed by atoms with Gasteiger partial charge in [0.1, 0.15) is 0 Å². The van der Waals surface area contributed by atoms with Crippen LogP contribution in [0.15, 0.2) is 0 Å². The van der Waals surface area contributed by atoms with Gasteiger partial charge in [-0.25, -0.2) is 0 Å². The van der Waals surface area contributed by atoms with Crippen LogP contribution in [-0.2, 0) is 0 Å². The minimum atomic E-state index is 0.646. The van der Waals surface area contributed by atoms with Crippen molar-refractivity contribution in [3.05, 3.63) is 0 Å². The van der Waals surface area contributed by atoms with Gasteiger partial charge in [-0.15, -0.1) is 0 Å². The molecule has 0 spiro atoms. The highest BCUT2D eigenvalue weighted by molar-refractivity contribution is 4.92. The Morgan fingerprint density at radius 3 is 2.50 bits per heavy atom.